The lowest BCUT2D eigenvalue weighted by atomic mass is 10.0. The molecular formula is C27H24FN5O3. The fraction of sp³-hybridized carbons (Fsp3) is 0.148. The molecule has 0 aliphatic heterocycles. The Kier molecular flexibility index (Phi) is 7.41. The van der Waals surface area contributed by atoms with Gasteiger partial charge in [0.1, 0.15) is 11.5 Å². The van der Waals surface area contributed by atoms with Gasteiger partial charge in [0.2, 0.25) is 5.91 Å². The van der Waals surface area contributed by atoms with Crippen molar-refractivity contribution >= 4 is 17.4 Å². The van der Waals surface area contributed by atoms with Crippen molar-refractivity contribution in [2.75, 3.05) is 12.4 Å². The van der Waals surface area contributed by atoms with Crippen molar-refractivity contribution < 1.29 is 14.0 Å². The minimum Gasteiger partial charge on any atom is -0.320 e. The maximum absolute atomic E-state index is 13.5. The maximum Gasteiger partial charge on any atom is 0.275 e. The van der Waals surface area contributed by atoms with Crippen LogP contribution in [0.5, 0.6) is 0 Å². The molecule has 1 amide bonds. The van der Waals surface area contributed by atoms with Gasteiger partial charge in [-0.1, -0.05) is 0 Å². The second-order valence-corrected chi connectivity index (χ2v) is 8.18. The van der Waals surface area contributed by atoms with Gasteiger partial charge < -0.3 is 15.2 Å². The predicted molar refractivity (Wildman–Crippen MR) is 134 cm³/mol. The average molecular weight is 486 g/mol. The van der Waals surface area contributed by atoms with Crippen LogP contribution in [0, 0.1) is 5.82 Å². The number of nitrogens with one attached hydrogen (secondary N) is 2. The van der Waals surface area contributed by atoms with Crippen LogP contribution in [0.2, 0.25) is 0 Å². The van der Waals surface area contributed by atoms with Crippen LogP contribution in [0.4, 0.5) is 10.1 Å². The van der Waals surface area contributed by atoms with Crippen LogP contribution in [0.25, 0.3) is 11.3 Å². The molecule has 1 atom stereocenters. The summed E-state index contributed by atoms with van der Waals surface area (Å²) in [5.74, 6) is -1.09. The Bertz CT molecular complexity index is 1450. The summed E-state index contributed by atoms with van der Waals surface area (Å²) in [6.07, 6.45) is 6.24. The first-order valence-electron chi connectivity index (χ1n) is 11.2. The zero-order chi connectivity index (χ0) is 25.7. The predicted octanol–water partition coefficient (Wildman–Crippen LogP) is 3.27. The number of aromatic nitrogens is 3. The largest absolute Gasteiger partial charge is 0.320 e. The third-order valence-electron chi connectivity index (χ3n) is 5.74. The molecule has 0 radical (unpaired) electrons. The molecule has 36 heavy (non-hydrogen) atoms. The van der Waals surface area contributed by atoms with Crippen LogP contribution in [0.1, 0.15) is 28.4 Å². The molecule has 4 rings (SSSR count). The van der Waals surface area contributed by atoms with Gasteiger partial charge in [-0.2, -0.15) is 0 Å². The number of nitrogens with zero attached hydrogens (tertiary/aromatic N) is 3. The van der Waals surface area contributed by atoms with E-state index < -0.39 is 17.4 Å². The topological polar surface area (TPSA) is 106 Å². The van der Waals surface area contributed by atoms with Gasteiger partial charge in [-0.05, 0) is 74.1 Å². The molecular weight excluding hydrogens is 461 g/mol. The maximum atomic E-state index is 13.5. The van der Waals surface area contributed by atoms with Gasteiger partial charge in [0.05, 0.1) is 18.3 Å². The van der Waals surface area contributed by atoms with E-state index in [2.05, 4.69) is 20.6 Å². The van der Waals surface area contributed by atoms with Crippen LogP contribution in [-0.2, 0) is 11.3 Å². The van der Waals surface area contributed by atoms with E-state index in [4.69, 9.17) is 0 Å². The normalized spacial score (nSPS) is 11.6. The lowest BCUT2D eigenvalue weighted by Crippen LogP contribution is -2.37. The van der Waals surface area contributed by atoms with Crippen molar-refractivity contribution in [2.24, 2.45) is 0 Å². The summed E-state index contributed by atoms with van der Waals surface area (Å²) in [5, 5.41) is 5.51. The number of carbonyl (C=O) groups is 2. The van der Waals surface area contributed by atoms with Gasteiger partial charge in [-0.3, -0.25) is 24.4 Å². The molecule has 3 heterocycles. The van der Waals surface area contributed by atoms with Gasteiger partial charge in [0, 0.05) is 41.5 Å². The monoisotopic (exact) mass is 485 g/mol. The molecule has 2 N–H and O–H groups in total. The van der Waals surface area contributed by atoms with Crippen molar-refractivity contribution in [1.29, 1.82) is 0 Å². The van der Waals surface area contributed by atoms with Crippen molar-refractivity contribution in [3.05, 3.63) is 112 Å². The van der Waals surface area contributed by atoms with E-state index in [1.54, 1.807) is 62.9 Å². The van der Waals surface area contributed by atoms with Gasteiger partial charge in [-0.15, -0.1) is 0 Å². The minimum absolute atomic E-state index is 0.0965. The number of likely N-dealkylation sites (N-methyl/N-ethyl adjacent to an activating group) is 1. The van der Waals surface area contributed by atoms with Crippen molar-refractivity contribution in [3.63, 3.8) is 0 Å². The molecule has 4 aromatic rings. The summed E-state index contributed by atoms with van der Waals surface area (Å²) in [4.78, 5) is 47.0. The number of halogens is 1. The van der Waals surface area contributed by atoms with Gasteiger partial charge in [-0.25, -0.2) is 4.39 Å². The fourth-order valence-electron chi connectivity index (χ4n) is 3.63. The second-order valence-electron chi connectivity index (χ2n) is 8.18. The number of carbonyl (C=O) groups excluding carboxylic acids is 2. The molecule has 0 aliphatic rings. The Balaban J connectivity index is 1.73. The smallest absolute Gasteiger partial charge is 0.275 e. The van der Waals surface area contributed by atoms with E-state index in [-0.39, 0.29) is 23.9 Å². The Morgan fingerprint density at radius 2 is 1.69 bits per heavy atom. The molecule has 9 heteroatoms. The van der Waals surface area contributed by atoms with E-state index in [0.29, 0.717) is 22.4 Å². The van der Waals surface area contributed by atoms with Crippen molar-refractivity contribution in [2.45, 2.75) is 19.5 Å². The molecule has 3 aromatic heterocycles. The van der Waals surface area contributed by atoms with Crippen LogP contribution < -0.4 is 16.2 Å². The molecule has 0 fully saturated rings. The number of pyridine rings is 3. The molecule has 0 unspecified atom stereocenters. The van der Waals surface area contributed by atoms with Crippen LogP contribution in [-0.4, -0.2) is 39.3 Å². The summed E-state index contributed by atoms with van der Waals surface area (Å²) in [6.45, 7) is 1.79. The van der Waals surface area contributed by atoms with Crippen molar-refractivity contribution in [1.82, 2.24) is 19.9 Å². The molecule has 0 bridgehead atoms. The third kappa shape index (κ3) is 5.42. The highest BCUT2D eigenvalue weighted by atomic mass is 19.1. The molecule has 0 aliphatic carbocycles. The minimum atomic E-state index is -0.490. The Labute approximate surface area is 206 Å². The quantitative estimate of drug-likeness (QED) is 0.371. The number of hydrogen-bond acceptors (Lipinski definition) is 6. The molecule has 0 saturated carbocycles. The van der Waals surface area contributed by atoms with Crippen LogP contribution in [0.3, 0.4) is 0 Å². The number of ketones is 1. The van der Waals surface area contributed by atoms with E-state index in [1.807, 2.05) is 0 Å². The first-order chi connectivity index (χ1) is 17.4. The summed E-state index contributed by atoms with van der Waals surface area (Å²) in [7, 11) is 1.66. The number of benzene rings is 1. The second kappa shape index (κ2) is 10.8. The van der Waals surface area contributed by atoms with Crippen LogP contribution in [0.15, 0.2) is 84.2 Å². The summed E-state index contributed by atoms with van der Waals surface area (Å²) < 4.78 is 14.8. The van der Waals surface area contributed by atoms with Gasteiger partial charge in [0.25, 0.3) is 5.56 Å². The zero-order valence-electron chi connectivity index (χ0n) is 19.7. The van der Waals surface area contributed by atoms with Crippen LogP contribution >= 0.6 is 0 Å². The lowest BCUT2D eigenvalue weighted by molar-refractivity contribution is -0.117. The fourth-order valence-corrected chi connectivity index (χ4v) is 3.63. The average Bonchev–Trinajstić information content (AvgIpc) is 2.91. The highest BCUT2D eigenvalue weighted by molar-refractivity contribution is 6.08. The number of hydrogen-bond donors (Lipinski definition) is 2. The Morgan fingerprint density at radius 1 is 0.972 bits per heavy atom. The van der Waals surface area contributed by atoms with E-state index in [9.17, 15) is 18.8 Å². The highest BCUT2D eigenvalue weighted by Gasteiger charge is 2.17. The van der Waals surface area contributed by atoms with Gasteiger partial charge >= 0.3 is 0 Å². The SMILES string of the molecule is CN[C@@H](C)C(=O)Nc1ccc(-c2ccncc2)n(Cc2cncc(C(=O)c3ccc(F)cc3)c2)c1=O. The van der Waals surface area contributed by atoms with Crippen molar-refractivity contribution in [3.8, 4) is 11.3 Å². The van der Waals surface area contributed by atoms with Gasteiger partial charge in [0.15, 0.2) is 5.78 Å². The Hall–Kier alpha value is -4.50. The molecule has 0 spiro atoms. The first-order valence-corrected chi connectivity index (χ1v) is 11.2. The standard InChI is InChI=1S/C27H24FN5O3/c1-17(29-2)26(35)32-23-7-8-24(19-9-11-30-12-10-19)33(27(23)36)16-18-13-21(15-31-14-18)25(34)20-3-5-22(28)6-4-20/h3-15,17,29H,16H2,1-2H3,(H,32,35)/t17-/m0/s1. The van der Waals surface area contributed by atoms with E-state index >= 15 is 0 Å². The summed E-state index contributed by atoms with van der Waals surface area (Å²) in [5.41, 5.74) is 2.33. The molecule has 8 nitrogen and oxygen atoms in total. The summed E-state index contributed by atoms with van der Waals surface area (Å²) in [6, 6.07) is 13.3. The molecule has 0 saturated heterocycles. The number of rotatable bonds is 8. The van der Waals surface area contributed by atoms with E-state index in [0.717, 1.165) is 5.56 Å². The molecule has 1 aromatic carbocycles. The number of amides is 1. The van der Waals surface area contributed by atoms with E-state index in [1.165, 1.54) is 35.0 Å². The Morgan fingerprint density at radius 3 is 2.39 bits per heavy atom. The third-order valence-corrected chi connectivity index (χ3v) is 5.74. The zero-order valence-corrected chi connectivity index (χ0v) is 19.7. The molecule has 182 valence electrons. The number of anilines is 1. The highest BCUT2D eigenvalue weighted by Crippen LogP contribution is 2.20. The summed E-state index contributed by atoms with van der Waals surface area (Å²) >= 11 is 0. The first kappa shape index (κ1) is 24.6. The lowest BCUT2D eigenvalue weighted by Gasteiger charge is -2.17.